The molecule has 0 saturated heterocycles. The van der Waals surface area contributed by atoms with E-state index in [4.69, 9.17) is 5.73 Å². The molecule has 0 saturated carbocycles. The van der Waals surface area contributed by atoms with E-state index in [9.17, 15) is 4.79 Å². The maximum atomic E-state index is 11.9. The average molecular weight is 266 g/mol. The summed E-state index contributed by atoms with van der Waals surface area (Å²) in [5.41, 5.74) is 10.1. The predicted octanol–water partition coefficient (Wildman–Crippen LogP) is 2.97. The second-order valence-corrected chi connectivity index (χ2v) is 5.09. The van der Waals surface area contributed by atoms with Crippen LogP contribution in [0.25, 0.3) is 0 Å². The van der Waals surface area contributed by atoms with Crippen LogP contribution in [-0.2, 0) is 11.2 Å². The number of rotatable bonds is 2. The summed E-state index contributed by atoms with van der Waals surface area (Å²) in [6.45, 7) is 2.98. The molecule has 1 heterocycles. The van der Waals surface area contributed by atoms with Crippen molar-refractivity contribution in [1.82, 2.24) is 0 Å². The van der Waals surface area contributed by atoms with Crippen LogP contribution in [0.4, 0.5) is 11.4 Å². The van der Waals surface area contributed by atoms with Crippen LogP contribution < -0.4 is 10.6 Å². The summed E-state index contributed by atoms with van der Waals surface area (Å²) >= 11 is 0. The van der Waals surface area contributed by atoms with Gasteiger partial charge in [0.25, 0.3) is 0 Å². The molecule has 0 bridgehead atoms. The molecule has 2 aromatic carbocycles. The molecule has 1 amide bonds. The first-order valence-corrected chi connectivity index (χ1v) is 6.96. The number of anilines is 2. The number of hydrogen-bond acceptors (Lipinski definition) is 2. The fraction of sp³-hybridized carbons (Fsp3) is 0.235. The molecule has 0 spiro atoms. The summed E-state index contributed by atoms with van der Waals surface area (Å²) in [6.07, 6.45) is 0.666. The van der Waals surface area contributed by atoms with Crippen molar-refractivity contribution in [3.05, 3.63) is 59.7 Å². The third kappa shape index (κ3) is 1.95. The number of benzene rings is 2. The highest BCUT2D eigenvalue weighted by molar-refractivity contribution is 5.87. The van der Waals surface area contributed by atoms with Crippen molar-refractivity contribution >= 4 is 17.3 Å². The Hall–Kier alpha value is -2.29. The number of amides is 1. The SMILES string of the molecule is CCN1c2ccccc2C[C@H](C(N)=O)c2ccccc21. The largest absolute Gasteiger partial charge is 0.369 e. The van der Waals surface area contributed by atoms with Crippen LogP contribution in [0.2, 0.25) is 0 Å². The summed E-state index contributed by atoms with van der Waals surface area (Å²) in [5.74, 6) is -0.519. The Morgan fingerprint density at radius 1 is 1.15 bits per heavy atom. The summed E-state index contributed by atoms with van der Waals surface area (Å²) in [5, 5.41) is 0. The molecule has 20 heavy (non-hydrogen) atoms. The number of carbonyl (C=O) groups is 1. The quantitative estimate of drug-likeness (QED) is 0.908. The van der Waals surface area contributed by atoms with Crippen LogP contribution in [0, 0.1) is 0 Å². The Kier molecular flexibility index (Phi) is 3.18. The molecule has 1 aliphatic rings. The molecule has 0 fully saturated rings. The number of nitrogens with two attached hydrogens (primary N) is 1. The average Bonchev–Trinajstić information content (AvgIpc) is 2.61. The Morgan fingerprint density at radius 2 is 1.80 bits per heavy atom. The minimum absolute atomic E-state index is 0.259. The van der Waals surface area contributed by atoms with E-state index in [1.165, 1.54) is 11.3 Å². The van der Waals surface area contributed by atoms with Crippen molar-refractivity contribution < 1.29 is 4.79 Å². The molecule has 0 unspecified atom stereocenters. The molecule has 1 aliphatic heterocycles. The van der Waals surface area contributed by atoms with E-state index in [0.29, 0.717) is 6.42 Å². The molecule has 3 heteroatoms. The zero-order valence-electron chi connectivity index (χ0n) is 11.5. The fourth-order valence-corrected chi connectivity index (χ4v) is 3.03. The third-order valence-corrected chi connectivity index (χ3v) is 3.97. The molecule has 2 N–H and O–H groups in total. The Balaban J connectivity index is 2.25. The van der Waals surface area contributed by atoms with Gasteiger partial charge in [-0.3, -0.25) is 4.79 Å². The van der Waals surface area contributed by atoms with E-state index in [1.807, 2.05) is 30.3 Å². The lowest BCUT2D eigenvalue weighted by Crippen LogP contribution is -2.23. The zero-order chi connectivity index (χ0) is 14.1. The highest BCUT2D eigenvalue weighted by Gasteiger charge is 2.28. The van der Waals surface area contributed by atoms with Crippen molar-refractivity contribution in [3.8, 4) is 0 Å². The molecule has 3 rings (SSSR count). The molecule has 3 nitrogen and oxygen atoms in total. The van der Waals surface area contributed by atoms with E-state index in [-0.39, 0.29) is 11.8 Å². The van der Waals surface area contributed by atoms with Crippen LogP contribution in [0.5, 0.6) is 0 Å². The molecule has 2 aromatic rings. The smallest absolute Gasteiger partial charge is 0.225 e. The second-order valence-electron chi connectivity index (χ2n) is 5.09. The lowest BCUT2D eigenvalue weighted by atomic mass is 9.91. The highest BCUT2D eigenvalue weighted by Crippen LogP contribution is 2.40. The predicted molar refractivity (Wildman–Crippen MR) is 81.2 cm³/mol. The lowest BCUT2D eigenvalue weighted by Gasteiger charge is -2.25. The maximum absolute atomic E-state index is 11.9. The summed E-state index contributed by atoms with van der Waals surface area (Å²) < 4.78 is 0. The fourth-order valence-electron chi connectivity index (χ4n) is 3.03. The normalized spacial score (nSPS) is 17.1. The van der Waals surface area contributed by atoms with Gasteiger partial charge in [0.05, 0.1) is 5.92 Å². The van der Waals surface area contributed by atoms with Crippen LogP contribution in [0.15, 0.2) is 48.5 Å². The molecule has 102 valence electrons. The van der Waals surface area contributed by atoms with Crippen molar-refractivity contribution in [2.75, 3.05) is 11.4 Å². The van der Waals surface area contributed by atoms with E-state index in [1.54, 1.807) is 0 Å². The van der Waals surface area contributed by atoms with E-state index in [0.717, 1.165) is 17.8 Å². The molecule has 1 atom stereocenters. The monoisotopic (exact) mass is 266 g/mol. The van der Waals surface area contributed by atoms with Gasteiger partial charge in [0, 0.05) is 17.9 Å². The molecular formula is C17H18N2O. The number of nitrogens with zero attached hydrogens (tertiary/aromatic N) is 1. The van der Waals surface area contributed by atoms with Gasteiger partial charge in [0.2, 0.25) is 5.91 Å². The standard InChI is InChI=1S/C17H18N2O/c1-2-19-15-9-5-3-7-12(15)11-14(17(18)20)13-8-4-6-10-16(13)19/h3-10,14H,2,11H2,1H3,(H2,18,20)/t14-/m0/s1. The van der Waals surface area contributed by atoms with Gasteiger partial charge in [-0.25, -0.2) is 0 Å². The lowest BCUT2D eigenvalue weighted by molar-refractivity contribution is -0.119. The Labute approximate surface area is 119 Å². The minimum atomic E-state index is -0.260. The van der Waals surface area contributed by atoms with Crippen molar-refractivity contribution in [1.29, 1.82) is 0 Å². The zero-order valence-corrected chi connectivity index (χ0v) is 11.5. The summed E-state index contributed by atoms with van der Waals surface area (Å²) in [6, 6.07) is 16.3. The Bertz CT molecular complexity index is 651. The summed E-state index contributed by atoms with van der Waals surface area (Å²) in [4.78, 5) is 14.1. The van der Waals surface area contributed by atoms with Gasteiger partial charge >= 0.3 is 0 Å². The van der Waals surface area contributed by atoms with Crippen LogP contribution in [0.3, 0.4) is 0 Å². The van der Waals surface area contributed by atoms with Gasteiger partial charge in [-0.2, -0.15) is 0 Å². The number of hydrogen-bond donors (Lipinski definition) is 1. The van der Waals surface area contributed by atoms with Gasteiger partial charge in [-0.1, -0.05) is 36.4 Å². The number of fused-ring (bicyclic) bond motifs is 2. The van der Waals surface area contributed by atoms with E-state index >= 15 is 0 Å². The topological polar surface area (TPSA) is 46.3 Å². The second kappa shape index (κ2) is 5.00. The van der Waals surface area contributed by atoms with Gasteiger partial charge in [-0.15, -0.1) is 0 Å². The van der Waals surface area contributed by atoms with Gasteiger partial charge < -0.3 is 10.6 Å². The molecule has 0 aromatic heterocycles. The number of carbonyl (C=O) groups excluding carboxylic acids is 1. The molecule has 0 radical (unpaired) electrons. The maximum Gasteiger partial charge on any atom is 0.225 e. The van der Waals surface area contributed by atoms with Crippen LogP contribution in [0.1, 0.15) is 24.0 Å². The minimum Gasteiger partial charge on any atom is -0.369 e. The van der Waals surface area contributed by atoms with E-state index < -0.39 is 0 Å². The van der Waals surface area contributed by atoms with Crippen molar-refractivity contribution in [2.24, 2.45) is 5.73 Å². The first-order valence-electron chi connectivity index (χ1n) is 6.96. The molecular weight excluding hydrogens is 248 g/mol. The number of primary amides is 1. The van der Waals surface area contributed by atoms with Crippen molar-refractivity contribution in [2.45, 2.75) is 19.3 Å². The first-order chi connectivity index (χ1) is 9.72. The van der Waals surface area contributed by atoms with Crippen LogP contribution in [-0.4, -0.2) is 12.5 Å². The van der Waals surface area contributed by atoms with E-state index in [2.05, 4.69) is 30.0 Å². The third-order valence-electron chi connectivity index (χ3n) is 3.97. The van der Waals surface area contributed by atoms with Gasteiger partial charge in [-0.05, 0) is 36.6 Å². The summed E-state index contributed by atoms with van der Waals surface area (Å²) in [7, 11) is 0. The van der Waals surface area contributed by atoms with Gasteiger partial charge in [0.1, 0.15) is 0 Å². The van der Waals surface area contributed by atoms with Crippen LogP contribution >= 0.6 is 0 Å². The molecule has 0 aliphatic carbocycles. The Morgan fingerprint density at radius 3 is 2.50 bits per heavy atom. The van der Waals surface area contributed by atoms with Gasteiger partial charge in [0.15, 0.2) is 0 Å². The highest BCUT2D eigenvalue weighted by atomic mass is 16.1. The number of para-hydroxylation sites is 2. The first kappa shape index (κ1) is 12.7. The van der Waals surface area contributed by atoms with Crippen molar-refractivity contribution in [3.63, 3.8) is 0 Å².